The fraction of sp³-hybridized carbons (Fsp3) is 0.385. The second kappa shape index (κ2) is 9.02. The fourth-order valence-corrected chi connectivity index (χ4v) is 4.63. The van der Waals surface area contributed by atoms with Gasteiger partial charge in [-0.15, -0.1) is 0 Å². The summed E-state index contributed by atoms with van der Waals surface area (Å²) < 4.78 is 1.80. The molecule has 0 aliphatic heterocycles. The first-order valence-electron chi connectivity index (χ1n) is 11.6. The Kier molecular flexibility index (Phi) is 6.27. The van der Waals surface area contributed by atoms with E-state index in [1.165, 1.54) is 0 Å². The van der Waals surface area contributed by atoms with E-state index in [1.807, 2.05) is 27.1 Å². The smallest absolute Gasteiger partial charge is 0.240 e. The van der Waals surface area contributed by atoms with E-state index in [-0.39, 0.29) is 17.7 Å². The van der Waals surface area contributed by atoms with Crippen molar-refractivity contribution in [1.82, 2.24) is 35.4 Å². The largest absolute Gasteiger partial charge is 0.358 e. The minimum Gasteiger partial charge on any atom is -0.358 e. The maximum Gasteiger partial charge on any atom is 0.240 e. The van der Waals surface area contributed by atoms with Crippen molar-refractivity contribution in [2.75, 3.05) is 14.1 Å². The molecule has 1 aromatic carbocycles. The van der Waals surface area contributed by atoms with Crippen molar-refractivity contribution in [3.05, 3.63) is 59.5 Å². The first-order chi connectivity index (χ1) is 16.2. The lowest BCUT2D eigenvalue weighted by atomic mass is 9.80. The normalized spacial score (nSPS) is 14.4. The van der Waals surface area contributed by atoms with Crippen LogP contribution in [0.25, 0.3) is 28.2 Å². The Morgan fingerprint density at radius 3 is 2.44 bits per heavy atom. The van der Waals surface area contributed by atoms with Gasteiger partial charge in [-0.3, -0.25) is 9.89 Å². The second-order valence-corrected chi connectivity index (χ2v) is 9.33. The molecule has 2 atom stereocenters. The predicted octanol–water partition coefficient (Wildman–Crippen LogP) is 4.05. The Bertz CT molecular complexity index is 1320. The van der Waals surface area contributed by atoms with Gasteiger partial charge in [-0.05, 0) is 49.6 Å². The van der Waals surface area contributed by atoms with Gasteiger partial charge in [0, 0.05) is 30.3 Å². The van der Waals surface area contributed by atoms with Crippen LogP contribution in [0.1, 0.15) is 56.2 Å². The van der Waals surface area contributed by atoms with Crippen molar-refractivity contribution in [2.24, 2.45) is 0 Å². The van der Waals surface area contributed by atoms with Gasteiger partial charge in [-0.2, -0.15) is 10.2 Å². The number of pyridine rings is 1. The number of carbonyl (C=O) groups is 1. The number of likely N-dealkylation sites (N-methyl/N-ethyl adjacent to an activating group) is 2. The van der Waals surface area contributed by atoms with Gasteiger partial charge in [0.15, 0.2) is 5.65 Å². The number of hydrogen-bond acceptors (Lipinski definition) is 5. The zero-order valence-electron chi connectivity index (χ0n) is 20.9. The standard InChI is InChI=1S/C26H33N7O/c1-15(2)21-22(31-32-23(21)20-12-16(3)24-29-14-30-33(24)13-20)19-10-8-18(9-11-19)17(4)26(5,28-7)25(34)27-6/h8-15,17,28H,1-7H3,(H,27,34)(H,31,32)/t17-,26?/m0/s1. The van der Waals surface area contributed by atoms with Crippen molar-refractivity contribution < 1.29 is 4.79 Å². The molecule has 8 nitrogen and oxygen atoms in total. The van der Waals surface area contributed by atoms with Gasteiger partial charge in [0.2, 0.25) is 5.91 Å². The Morgan fingerprint density at radius 1 is 1.12 bits per heavy atom. The molecule has 1 amide bonds. The summed E-state index contributed by atoms with van der Waals surface area (Å²) in [6, 6.07) is 10.5. The molecule has 0 bridgehead atoms. The number of aromatic nitrogens is 5. The SMILES string of the molecule is CNC(=O)C(C)(NC)[C@@H](C)c1ccc(-c2[nH]nc(-c3cc(C)c4ncnn4c3)c2C(C)C)cc1. The predicted molar refractivity (Wildman–Crippen MR) is 135 cm³/mol. The molecular formula is C26H33N7O. The molecule has 178 valence electrons. The fourth-order valence-electron chi connectivity index (χ4n) is 4.63. The molecule has 8 heteroatoms. The highest BCUT2D eigenvalue weighted by Crippen LogP contribution is 2.37. The molecule has 0 aliphatic rings. The summed E-state index contributed by atoms with van der Waals surface area (Å²) >= 11 is 0. The van der Waals surface area contributed by atoms with Crippen LogP contribution in [-0.4, -0.2) is 50.3 Å². The van der Waals surface area contributed by atoms with Crippen LogP contribution >= 0.6 is 0 Å². The van der Waals surface area contributed by atoms with E-state index in [9.17, 15) is 4.79 Å². The highest BCUT2D eigenvalue weighted by molar-refractivity contribution is 5.87. The topological polar surface area (TPSA) is 100 Å². The van der Waals surface area contributed by atoms with E-state index in [4.69, 9.17) is 5.10 Å². The maximum atomic E-state index is 12.5. The van der Waals surface area contributed by atoms with Crippen LogP contribution in [0.5, 0.6) is 0 Å². The molecule has 0 saturated carbocycles. The Balaban J connectivity index is 1.73. The summed E-state index contributed by atoms with van der Waals surface area (Å²) in [7, 11) is 3.48. The van der Waals surface area contributed by atoms with E-state index in [0.29, 0.717) is 0 Å². The minimum atomic E-state index is -0.710. The summed E-state index contributed by atoms with van der Waals surface area (Å²) in [5.74, 6) is 0.201. The molecule has 4 aromatic rings. The van der Waals surface area contributed by atoms with Crippen molar-refractivity contribution in [2.45, 2.75) is 52.0 Å². The number of nitrogens with zero attached hydrogens (tertiary/aromatic N) is 4. The lowest BCUT2D eigenvalue weighted by Gasteiger charge is -2.34. The molecule has 3 heterocycles. The Morgan fingerprint density at radius 2 is 1.82 bits per heavy atom. The van der Waals surface area contributed by atoms with Crippen molar-refractivity contribution in [3.8, 4) is 22.5 Å². The molecule has 3 N–H and O–H groups in total. The molecule has 4 rings (SSSR count). The number of amides is 1. The highest BCUT2D eigenvalue weighted by Gasteiger charge is 2.37. The summed E-state index contributed by atoms with van der Waals surface area (Å²) in [6.45, 7) is 10.4. The lowest BCUT2D eigenvalue weighted by Crippen LogP contribution is -2.55. The number of aryl methyl sites for hydroxylation is 1. The molecule has 1 unspecified atom stereocenters. The highest BCUT2D eigenvalue weighted by atomic mass is 16.2. The van der Waals surface area contributed by atoms with Crippen LogP contribution in [-0.2, 0) is 4.79 Å². The van der Waals surface area contributed by atoms with Crippen LogP contribution < -0.4 is 10.6 Å². The average Bonchev–Trinajstić information content (AvgIpc) is 3.50. The molecule has 3 aromatic heterocycles. The lowest BCUT2D eigenvalue weighted by molar-refractivity contribution is -0.127. The van der Waals surface area contributed by atoms with Gasteiger partial charge in [-0.25, -0.2) is 9.50 Å². The van der Waals surface area contributed by atoms with Gasteiger partial charge in [0.25, 0.3) is 0 Å². The van der Waals surface area contributed by atoms with Crippen LogP contribution in [0.15, 0.2) is 42.9 Å². The molecule has 0 spiro atoms. The van der Waals surface area contributed by atoms with Crippen molar-refractivity contribution in [1.29, 1.82) is 0 Å². The maximum absolute atomic E-state index is 12.5. The number of benzene rings is 1. The van der Waals surface area contributed by atoms with Gasteiger partial charge >= 0.3 is 0 Å². The summed E-state index contributed by atoms with van der Waals surface area (Å²) in [5, 5.41) is 18.3. The number of aromatic amines is 1. The summed E-state index contributed by atoms with van der Waals surface area (Å²) in [6.07, 6.45) is 3.54. The number of hydrogen-bond donors (Lipinski definition) is 3. The number of H-pyrrole nitrogens is 1. The summed E-state index contributed by atoms with van der Waals surface area (Å²) in [5.41, 5.74) is 7.42. The monoisotopic (exact) mass is 459 g/mol. The third kappa shape index (κ3) is 3.88. The number of rotatable bonds is 7. The van der Waals surface area contributed by atoms with E-state index < -0.39 is 5.54 Å². The van der Waals surface area contributed by atoms with Gasteiger partial charge in [-0.1, -0.05) is 45.0 Å². The van der Waals surface area contributed by atoms with E-state index in [0.717, 1.165) is 44.9 Å². The van der Waals surface area contributed by atoms with Crippen LogP contribution in [0, 0.1) is 6.92 Å². The Labute approximate surface area is 200 Å². The van der Waals surface area contributed by atoms with Crippen molar-refractivity contribution >= 4 is 11.6 Å². The van der Waals surface area contributed by atoms with Gasteiger partial charge in [0.05, 0.1) is 11.4 Å². The number of nitrogens with one attached hydrogen (secondary N) is 3. The number of fused-ring (bicyclic) bond motifs is 1. The third-order valence-corrected chi connectivity index (χ3v) is 7.00. The summed E-state index contributed by atoms with van der Waals surface area (Å²) in [4.78, 5) is 16.8. The molecule has 0 fully saturated rings. The van der Waals surface area contributed by atoms with E-state index >= 15 is 0 Å². The van der Waals surface area contributed by atoms with Gasteiger partial charge < -0.3 is 10.6 Å². The molecule has 0 aliphatic carbocycles. The molecular weight excluding hydrogens is 426 g/mol. The quantitative estimate of drug-likeness (QED) is 0.387. The minimum absolute atomic E-state index is 0.0224. The second-order valence-electron chi connectivity index (χ2n) is 9.33. The molecule has 34 heavy (non-hydrogen) atoms. The number of carbonyl (C=O) groups excluding carboxylic acids is 1. The van der Waals surface area contributed by atoms with Gasteiger partial charge in [0.1, 0.15) is 11.9 Å². The van der Waals surface area contributed by atoms with Crippen LogP contribution in [0.3, 0.4) is 0 Å². The van der Waals surface area contributed by atoms with Crippen LogP contribution in [0.2, 0.25) is 0 Å². The first-order valence-corrected chi connectivity index (χ1v) is 11.6. The zero-order chi connectivity index (χ0) is 24.6. The van der Waals surface area contributed by atoms with E-state index in [2.05, 4.69) is 76.9 Å². The van der Waals surface area contributed by atoms with Crippen molar-refractivity contribution in [3.63, 3.8) is 0 Å². The molecule has 0 radical (unpaired) electrons. The molecule has 0 saturated heterocycles. The average molecular weight is 460 g/mol. The van der Waals surface area contributed by atoms with Crippen LogP contribution in [0.4, 0.5) is 0 Å². The van der Waals surface area contributed by atoms with E-state index in [1.54, 1.807) is 17.9 Å². The first kappa shape index (κ1) is 23.6. The third-order valence-electron chi connectivity index (χ3n) is 7.00. The zero-order valence-corrected chi connectivity index (χ0v) is 20.9. The Hall–Kier alpha value is -3.52.